The second kappa shape index (κ2) is 5.65. The summed E-state index contributed by atoms with van der Waals surface area (Å²) >= 11 is 0. The zero-order valence-corrected chi connectivity index (χ0v) is 12.4. The van der Waals surface area contributed by atoms with Crippen molar-refractivity contribution in [2.24, 2.45) is 0 Å². The van der Waals surface area contributed by atoms with E-state index in [2.05, 4.69) is 0 Å². The third-order valence-corrected chi connectivity index (χ3v) is 4.08. The number of nitrogens with zero attached hydrogens (tertiary/aromatic N) is 2. The van der Waals surface area contributed by atoms with Crippen LogP contribution in [0.1, 0.15) is 38.2 Å². The zero-order valence-electron chi connectivity index (χ0n) is 12.4. The number of rotatable bonds is 3. The van der Waals surface area contributed by atoms with E-state index in [0.717, 1.165) is 28.8 Å². The molecule has 1 atom stereocenters. The Morgan fingerprint density at radius 3 is 2.45 bits per heavy atom. The maximum absolute atomic E-state index is 12.3. The van der Waals surface area contributed by atoms with Crippen LogP contribution >= 0.6 is 0 Å². The van der Waals surface area contributed by atoms with E-state index in [4.69, 9.17) is 0 Å². The van der Waals surface area contributed by atoms with E-state index in [1.165, 1.54) is 6.21 Å². The average molecular weight is 274 g/mol. The molecule has 1 aromatic rings. The minimum Gasteiger partial charge on any atom is -0.623 e. The number of hydrogen-bond acceptors (Lipinski definition) is 3. The fraction of sp³-hybridized carbons (Fsp3) is 0.500. The number of carbonyl (C=O) groups is 1. The summed E-state index contributed by atoms with van der Waals surface area (Å²) in [4.78, 5) is 14.0. The first-order valence-corrected chi connectivity index (χ1v) is 7.05. The monoisotopic (exact) mass is 274 g/mol. The lowest BCUT2D eigenvalue weighted by atomic mass is 9.82. The molecular formula is C16H22N2O2. The van der Waals surface area contributed by atoms with Gasteiger partial charge in [-0.3, -0.25) is 4.79 Å². The molecule has 0 unspecified atom stereocenters. The smallest absolute Gasteiger partial charge is 0.227 e. The highest BCUT2D eigenvalue weighted by Crippen LogP contribution is 2.27. The molecule has 2 rings (SSSR count). The van der Waals surface area contributed by atoms with Crippen LogP contribution in [0, 0.1) is 5.21 Å². The summed E-state index contributed by atoms with van der Waals surface area (Å²) in [6.45, 7) is 1.76. The lowest BCUT2D eigenvalue weighted by molar-refractivity contribution is -0.525. The summed E-state index contributed by atoms with van der Waals surface area (Å²) in [6.07, 6.45) is 4.53. The van der Waals surface area contributed by atoms with Crippen molar-refractivity contribution >= 4 is 17.7 Å². The molecule has 0 radical (unpaired) electrons. The van der Waals surface area contributed by atoms with Gasteiger partial charge in [0, 0.05) is 45.1 Å². The Labute approximate surface area is 120 Å². The molecule has 0 heterocycles. The fourth-order valence-electron chi connectivity index (χ4n) is 2.53. The maximum Gasteiger partial charge on any atom is 0.227 e. The largest absolute Gasteiger partial charge is 0.623 e. The minimum absolute atomic E-state index is 0.0555. The zero-order chi connectivity index (χ0) is 14.8. The van der Waals surface area contributed by atoms with Gasteiger partial charge in [-0.1, -0.05) is 0 Å². The number of Topliss-reactive ketones (excluding diaryl/α,β-unsaturated/α-hetero) is 1. The predicted octanol–water partition coefficient (Wildman–Crippen LogP) is 2.58. The van der Waals surface area contributed by atoms with Gasteiger partial charge in [-0.15, -0.1) is 0 Å². The van der Waals surface area contributed by atoms with Gasteiger partial charge in [-0.25, -0.2) is 0 Å². The van der Waals surface area contributed by atoms with Crippen molar-refractivity contribution in [3.8, 4) is 0 Å². The van der Waals surface area contributed by atoms with E-state index in [0.29, 0.717) is 12.8 Å². The molecular weight excluding hydrogens is 252 g/mol. The summed E-state index contributed by atoms with van der Waals surface area (Å²) < 4.78 is 0.846. The summed E-state index contributed by atoms with van der Waals surface area (Å²) in [6, 6.07) is 7.73. The van der Waals surface area contributed by atoms with E-state index < -0.39 is 5.54 Å². The molecule has 0 aliphatic heterocycles. The van der Waals surface area contributed by atoms with E-state index in [1.807, 2.05) is 43.3 Å². The lowest BCUT2D eigenvalue weighted by Gasteiger charge is -2.30. The van der Waals surface area contributed by atoms with Crippen LogP contribution in [0.15, 0.2) is 24.3 Å². The second-order valence-corrected chi connectivity index (χ2v) is 5.84. The molecule has 1 aromatic carbocycles. The van der Waals surface area contributed by atoms with Crippen molar-refractivity contribution in [2.45, 2.75) is 38.1 Å². The number of hydroxylamine groups is 1. The number of ketones is 1. The van der Waals surface area contributed by atoms with Crippen LogP contribution in [0.5, 0.6) is 0 Å². The van der Waals surface area contributed by atoms with Crippen molar-refractivity contribution in [2.75, 3.05) is 19.0 Å². The molecule has 0 spiro atoms. The standard InChI is InChI=1S/C16H22N2O2/c1-16(11-5-4-6-15(16)19)18(20)12-13-7-9-14(10-8-13)17(2)3/h7-10,12H,4-6,11H2,1-3H3/t16-/m0/s1. The second-order valence-electron chi connectivity index (χ2n) is 5.84. The maximum atomic E-state index is 12.3. The van der Waals surface area contributed by atoms with Crippen LogP contribution in [0.4, 0.5) is 5.69 Å². The molecule has 0 aromatic heterocycles. The van der Waals surface area contributed by atoms with Crippen LogP contribution in [0.25, 0.3) is 0 Å². The summed E-state index contributed by atoms with van der Waals surface area (Å²) in [7, 11) is 3.95. The topological polar surface area (TPSA) is 46.4 Å². The van der Waals surface area contributed by atoms with Gasteiger partial charge in [0.1, 0.15) is 0 Å². The van der Waals surface area contributed by atoms with Gasteiger partial charge in [0.05, 0.1) is 0 Å². The van der Waals surface area contributed by atoms with Crippen molar-refractivity contribution < 1.29 is 9.53 Å². The van der Waals surface area contributed by atoms with E-state index in [9.17, 15) is 10.0 Å². The third kappa shape index (κ3) is 2.84. The Hall–Kier alpha value is -1.84. The molecule has 108 valence electrons. The fourth-order valence-corrected chi connectivity index (χ4v) is 2.53. The normalized spacial score (nSPS) is 23.8. The Kier molecular flexibility index (Phi) is 4.12. The molecule has 0 N–H and O–H groups in total. The summed E-state index contributed by atoms with van der Waals surface area (Å²) in [5.74, 6) is 0.0555. The molecule has 4 nitrogen and oxygen atoms in total. The van der Waals surface area contributed by atoms with Gasteiger partial charge in [0.25, 0.3) is 0 Å². The first-order chi connectivity index (χ1) is 9.43. The van der Waals surface area contributed by atoms with Gasteiger partial charge < -0.3 is 10.1 Å². The number of benzene rings is 1. The Balaban J connectivity index is 2.23. The first kappa shape index (κ1) is 14.6. The van der Waals surface area contributed by atoms with Gasteiger partial charge >= 0.3 is 0 Å². The molecule has 0 bridgehead atoms. The molecule has 1 saturated carbocycles. The predicted molar refractivity (Wildman–Crippen MR) is 81.4 cm³/mol. The highest BCUT2D eigenvalue weighted by molar-refractivity contribution is 5.88. The SMILES string of the molecule is CN(C)c1ccc(C=[N+]([O-])[C@@]2(C)CCCCC2=O)cc1. The molecule has 4 heteroatoms. The van der Waals surface area contributed by atoms with Gasteiger partial charge in [0.2, 0.25) is 11.3 Å². The van der Waals surface area contributed by atoms with Crippen molar-refractivity contribution in [1.29, 1.82) is 0 Å². The number of carbonyl (C=O) groups excluding carboxylic acids is 1. The average Bonchev–Trinajstić information content (AvgIpc) is 2.42. The quantitative estimate of drug-likeness (QED) is 0.368. The van der Waals surface area contributed by atoms with Crippen molar-refractivity contribution in [1.82, 2.24) is 0 Å². The van der Waals surface area contributed by atoms with Crippen LogP contribution in [-0.2, 0) is 4.79 Å². The molecule has 20 heavy (non-hydrogen) atoms. The van der Waals surface area contributed by atoms with Crippen molar-refractivity contribution in [3.63, 3.8) is 0 Å². The van der Waals surface area contributed by atoms with Crippen LogP contribution in [0.3, 0.4) is 0 Å². The molecule has 0 amide bonds. The van der Waals surface area contributed by atoms with Gasteiger partial charge in [-0.2, -0.15) is 4.74 Å². The molecule has 1 fully saturated rings. The first-order valence-electron chi connectivity index (χ1n) is 7.05. The minimum atomic E-state index is -0.890. The Morgan fingerprint density at radius 2 is 1.90 bits per heavy atom. The highest BCUT2D eigenvalue weighted by Gasteiger charge is 2.42. The number of hydrogen-bond donors (Lipinski definition) is 0. The number of anilines is 1. The lowest BCUT2D eigenvalue weighted by Crippen LogP contribution is -2.46. The summed E-state index contributed by atoms with van der Waals surface area (Å²) in [5.41, 5.74) is 1.02. The van der Waals surface area contributed by atoms with Crippen LogP contribution < -0.4 is 4.90 Å². The third-order valence-electron chi connectivity index (χ3n) is 4.08. The Bertz CT molecular complexity index is 520. The van der Waals surface area contributed by atoms with Crippen LogP contribution in [-0.4, -0.2) is 36.4 Å². The molecule has 0 saturated heterocycles. The van der Waals surface area contributed by atoms with Gasteiger partial charge in [-0.05, 0) is 37.1 Å². The summed E-state index contributed by atoms with van der Waals surface area (Å²) in [5, 5.41) is 12.3. The molecule has 1 aliphatic rings. The van der Waals surface area contributed by atoms with E-state index in [1.54, 1.807) is 6.92 Å². The Morgan fingerprint density at radius 1 is 1.25 bits per heavy atom. The molecule has 1 aliphatic carbocycles. The van der Waals surface area contributed by atoms with Crippen LogP contribution in [0.2, 0.25) is 0 Å². The van der Waals surface area contributed by atoms with Crippen molar-refractivity contribution in [3.05, 3.63) is 35.0 Å². The highest BCUT2D eigenvalue weighted by atomic mass is 16.5. The van der Waals surface area contributed by atoms with Gasteiger partial charge in [0.15, 0.2) is 6.21 Å². The van der Waals surface area contributed by atoms with E-state index >= 15 is 0 Å². The van der Waals surface area contributed by atoms with E-state index in [-0.39, 0.29) is 5.78 Å².